The van der Waals surface area contributed by atoms with Crippen LogP contribution in [-0.4, -0.2) is 18.0 Å². The lowest BCUT2D eigenvalue weighted by Crippen LogP contribution is -2.42. The van der Waals surface area contributed by atoms with E-state index in [0.717, 1.165) is 25.8 Å². The molecule has 1 aromatic rings. The third-order valence-electron chi connectivity index (χ3n) is 5.73. The second-order valence-corrected chi connectivity index (χ2v) is 7.69. The van der Waals surface area contributed by atoms with Crippen molar-refractivity contribution in [1.29, 1.82) is 0 Å². The first-order valence-corrected chi connectivity index (χ1v) is 9.86. The molecule has 0 aliphatic heterocycles. The number of hydrogen-bond acceptors (Lipinski definition) is 2. The van der Waals surface area contributed by atoms with Gasteiger partial charge in [0.2, 0.25) is 5.91 Å². The molecule has 3 nitrogen and oxygen atoms in total. The van der Waals surface area contributed by atoms with Crippen LogP contribution in [0.5, 0.6) is 0 Å². The van der Waals surface area contributed by atoms with Crippen molar-refractivity contribution in [2.24, 2.45) is 5.92 Å². The molecule has 2 saturated carbocycles. The summed E-state index contributed by atoms with van der Waals surface area (Å²) in [5.41, 5.74) is 1.35. The molecular weight excluding hydrogens is 296 g/mol. The van der Waals surface area contributed by atoms with E-state index in [2.05, 4.69) is 41.0 Å². The molecule has 0 aromatic heterocycles. The van der Waals surface area contributed by atoms with E-state index in [1.807, 2.05) is 0 Å². The summed E-state index contributed by atoms with van der Waals surface area (Å²) in [6.07, 6.45) is 11.8. The van der Waals surface area contributed by atoms with Crippen LogP contribution in [0.1, 0.15) is 69.8 Å². The number of carbonyl (C=O) groups excluding carboxylic acids is 1. The molecule has 0 radical (unpaired) electrons. The van der Waals surface area contributed by atoms with Crippen LogP contribution >= 0.6 is 0 Å². The summed E-state index contributed by atoms with van der Waals surface area (Å²) >= 11 is 0. The predicted molar refractivity (Wildman–Crippen MR) is 98.7 cm³/mol. The van der Waals surface area contributed by atoms with Crippen molar-refractivity contribution in [3.05, 3.63) is 35.9 Å². The van der Waals surface area contributed by atoms with Crippen LogP contribution < -0.4 is 10.6 Å². The number of amides is 1. The highest BCUT2D eigenvalue weighted by molar-refractivity contribution is 5.76. The van der Waals surface area contributed by atoms with Gasteiger partial charge in [-0.2, -0.15) is 0 Å². The average molecular weight is 329 g/mol. The van der Waals surface area contributed by atoms with E-state index < -0.39 is 0 Å². The zero-order chi connectivity index (χ0) is 16.6. The smallest absolute Gasteiger partial charge is 0.220 e. The Labute approximate surface area is 146 Å². The number of carbonyl (C=O) groups is 1. The molecule has 1 aromatic carbocycles. The maximum Gasteiger partial charge on any atom is 0.220 e. The molecule has 0 bridgehead atoms. The summed E-state index contributed by atoms with van der Waals surface area (Å²) in [7, 11) is 0. The molecule has 0 atom stereocenters. The molecule has 3 rings (SSSR count). The van der Waals surface area contributed by atoms with Crippen LogP contribution in [-0.2, 0) is 11.3 Å². The molecule has 0 spiro atoms. The largest absolute Gasteiger partial charge is 0.353 e. The van der Waals surface area contributed by atoms with E-state index in [9.17, 15) is 4.79 Å². The van der Waals surface area contributed by atoms with Crippen LogP contribution in [0.25, 0.3) is 0 Å². The molecule has 0 heterocycles. The van der Waals surface area contributed by atoms with Crippen molar-refractivity contribution in [3.8, 4) is 0 Å². The van der Waals surface area contributed by atoms with Crippen molar-refractivity contribution in [1.82, 2.24) is 10.6 Å². The number of nitrogens with one attached hydrogen (secondary N) is 2. The van der Waals surface area contributed by atoms with Gasteiger partial charge in [0, 0.05) is 25.0 Å². The third kappa shape index (κ3) is 5.62. The highest BCUT2D eigenvalue weighted by Crippen LogP contribution is 2.26. The molecule has 132 valence electrons. The van der Waals surface area contributed by atoms with Crippen molar-refractivity contribution in [2.75, 3.05) is 0 Å². The third-order valence-corrected chi connectivity index (χ3v) is 5.73. The molecule has 0 unspecified atom stereocenters. The van der Waals surface area contributed by atoms with Gasteiger partial charge >= 0.3 is 0 Å². The Morgan fingerprint density at radius 1 is 0.875 bits per heavy atom. The normalized spacial score (nSPS) is 25.3. The van der Waals surface area contributed by atoms with Crippen LogP contribution in [0.3, 0.4) is 0 Å². The monoisotopic (exact) mass is 328 g/mol. The predicted octanol–water partition coefficient (Wildman–Crippen LogP) is 4.17. The molecule has 2 fully saturated rings. The van der Waals surface area contributed by atoms with Gasteiger partial charge in [-0.3, -0.25) is 4.79 Å². The van der Waals surface area contributed by atoms with Crippen LogP contribution in [0, 0.1) is 5.92 Å². The van der Waals surface area contributed by atoms with Gasteiger partial charge in [-0.1, -0.05) is 49.6 Å². The summed E-state index contributed by atoms with van der Waals surface area (Å²) in [5, 5.41) is 6.96. The Kier molecular flexibility index (Phi) is 6.71. The van der Waals surface area contributed by atoms with Gasteiger partial charge in [-0.25, -0.2) is 0 Å². The van der Waals surface area contributed by atoms with Gasteiger partial charge in [-0.15, -0.1) is 0 Å². The van der Waals surface area contributed by atoms with E-state index >= 15 is 0 Å². The summed E-state index contributed by atoms with van der Waals surface area (Å²) in [6, 6.07) is 11.6. The fraction of sp³-hybridized carbons (Fsp3) is 0.667. The fourth-order valence-electron chi connectivity index (χ4n) is 4.24. The van der Waals surface area contributed by atoms with E-state index in [1.165, 1.54) is 50.5 Å². The first kappa shape index (κ1) is 17.5. The second-order valence-electron chi connectivity index (χ2n) is 7.69. The van der Waals surface area contributed by atoms with Crippen molar-refractivity contribution >= 4 is 5.91 Å². The van der Waals surface area contributed by atoms with E-state index in [0.29, 0.717) is 23.9 Å². The van der Waals surface area contributed by atoms with Crippen molar-refractivity contribution in [2.45, 2.75) is 82.8 Å². The van der Waals surface area contributed by atoms with Gasteiger partial charge in [0.25, 0.3) is 0 Å². The number of hydrogen-bond donors (Lipinski definition) is 2. The van der Waals surface area contributed by atoms with Gasteiger partial charge in [-0.05, 0) is 50.0 Å². The first-order valence-electron chi connectivity index (χ1n) is 9.86. The molecule has 2 N–H and O–H groups in total. The molecule has 3 heteroatoms. The highest BCUT2D eigenvalue weighted by atomic mass is 16.1. The van der Waals surface area contributed by atoms with E-state index in [4.69, 9.17) is 0 Å². The van der Waals surface area contributed by atoms with Gasteiger partial charge < -0.3 is 10.6 Å². The zero-order valence-corrected chi connectivity index (χ0v) is 14.8. The van der Waals surface area contributed by atoms with Gasteiger partial charge in [0.1, 0.15) is 0 Å². The van der Waals surface area contributed by atoms with E-state index in [-0.39, 0.29) is 0 Å². The lowest BCUT2D eigenvalue weighted by Gasteiger charge is -2.30. The Bertz CT molecular complexity index is 488. The Balaban J connectivity index is 1.32. The van der Waals surface area contributed by atoms with Crippen molar-refractivity contribution < 1.29 is 4.79 Å². The maximum atomic E-state index is 12.2. The number of rotatable bonds is 6. The van der Waals surface area contributed by atoms with E-state index in [1.54, 1.807) is 0 Å². The quantitative estimate of drug-likeness (QED) is 0.823. The van der Waals surface area contributed by atoms with Gasteiger partial charge in [0.05, 0.1) is 0 Å². The molecule has 2 aliphatic rings. The average Bonchev–Trinajstić information content (AvgIpc) is 2.63. The molecule has 2 aliphatic carbocycles. The first-order chi connectivity index (χ1) is 11.8. The van der Waals surface area contributed by atoms with Gasteiger partial charge in [0.15, 0.2) is 0 Å². The zero-order valence-electron chi connectivity index (χ0n) is 14.8. The minimum absolute atomic E-state index is 0.294. The van der Waals surface area contributed by atoms with Crippen LogP contribution in [0.2, 0.25) is 0 Å². The highest BCUT2D eigenvalue weighted by Gasteiger charge is 2.23. The van der Waals surface area contributed by atoms with Crippen molar-refractivity contribution in [3.63, 3.8) is 0 Å². The molecular formula is C21H32N2O. The Morgan fingerprint density at radius 2 is 1.54 bits per heavy atom. The molecule has 0 saturated heterocycles. The molecule has 1 amide bonds. The minimum atomic E-state index is 0.294. The molecule has 24 heavy (non-hydrogen) atoms. The summed E-state index contributed by atoms with van der Waals surface area (Å²) in [5.74, 6) is 0.935. The van der Waals surface area contributed by atoms with Crippen LogP contribution in [0.15, 0.2) is 30.3 Å². The topological polar surface area (TPSA) is 41.1 Å². The Hall–Kier alpha value is -1.35. The summed E-state index contributed by atoms with van der Waals surface area (Å²) in [6.45, 7) is 0.949. The second kappa shape index (κ2) is 9.22. The Morgan fingerprint density at radius 3 is 2.25 bits per heavy atom. The lowest BCUT2D eigenvalue weighted by atomic mass is 9.86. The SMILES string of the molecule is O=C(CC1CCCCC1)N[C@H]1CC[C@H](NCc2ccccc2)CC1. The maximum absolute atomic E-state index is 12.2. The number of benzene rings is 1. The van der Waals surface area contributed by atoms with Crippen LogP contribution in [0.4, 0.5) is 0 Å². The summed E-state index contributed by atoms with van der Waals surface area (Å²) < 4.78 is 0. The fourth-order valence-corrected chi connectivity index (χ4v) is 4.24. The minimum Gasteiger partial charge on any atom is -0.353 e. The summed E-state index contributed by atoms with van der Waals surface area (Å²) in [4.78, 5) is 12.2. The standard InChI is InChI=1S/C21H32N2O/c24-21(15-17-7-3-1-4-8-17)23-20-13-11-19(12-14-20)22-16-18-9-5-2-6-10-18/h2,5-6,9-10,17,19-20,22H,1,3-4,7-8,11-16H2,(H,23,24)/t19-,20-. The lowest BCUT2D eigenvalue weighted by molar-refractivity contribution is -0.123.